The molecule has 1 aromatic heterocycles. The minimum Gasteiger partial charge on any atom is -0.262 e. The van der Waals surface area contributed by atoms with Gasteiger partial charge in [-0.15, -0.1) is 0 Å². The Kier molecular flexibility index (Phi) is 3.75. The number of hydrogen-bond acceptors (Lipinski definition) is 2. The summed E-state index contributed by atoms with van der Waals surface area (Å²) in [6.45, 7) is 0. The molecule has 0 fully saturated rings. The number of nitrogens with zero attached hydrogens (tertiary/aromatic N) is 2. The summed E-state index contributed by atoms with van der Waals surface area (Å²) in [5.74, 6) is 0. The SMILES string of the molecule is [Ir+3].c1cnccn1. The van der Waals surface area contributed by atoms with Gasteiger partial charge in [0.05, 0.1) is 0 Å². The van der Waals surface area contributed by atoms with E-state index in [9.17, 15) is 0 Å². The molecule has 1 rings (SSSR count). The van der Waals surface area contributed by atoms with E-state index < -0.39 is 0 Å². The summed E-state index contributed by atoms with van der Waals surface area (Å²) in [5.41, 5.74) is 0. The molecule has 0 spiro atoms. The van der Waals surface area contributed by atoms with Gasteiger partial charge < -0.3 is 0 Å². The van der Waals surface area contributed by atoms with Crippen LogP contribution in [0.2, 0.25) is 0 Å². The van der Waals surface area contributed by atoms with Crippen LogP contribution in [-0.2, 0) is 20.1 Å². The Labute approximate surface area is 55.3 Å². The first-order valence-corrected chi connectivity index (χ1v) is 1.70. The second-order valence-corrected chi connectivity index (χ2v) is 0.894. The molecule has 3 heteroatoms. The summed E-state index contributed by atoms with van der Waals surface area (Å²) < 4.78 is 0. The average Bonchev–Trinajstić information content (AvgIpc) is 1.72. The van der Waals surface area contributed by atoms with Crippen LogP contribution in [0.5, 0.6) is 0 Å². The average molecular weight is 272 g/mol. The zero-order chi connectivity index (χ0) is 4.24. The Balaban J connectivity index is 0.000000360. The van der Waals surface area contributed by atoms with E-state index in [1.165, 1.54) is 0 Å². The first kappa shape index (κ1) is 6.73. The van der Waals surface area contributed by atoms with Crippen LogP contribution >= 0.6 is 0 Å². The van der Waals surface area contributed by atoms with Gasteiger partial charge in [0.15, 0.2) is 0 Å². The molecule has 0 radical (unpaired) electrons. The molecule has 0 aromatic carbocycles. The van der Waals surface area contributed by atoms with Crippen molar-refractivity contribution in [1.29, 1.82) is 0 Å². The Hall–Kier alpha value is -0.271. The van der Waals surface area contributed by atoms with Gasteiger partial charge in [-0.25, -0.2) is 0 Å². The maximum absolute atomic E-state index is 3.72. The molecule has 0 saturated carbocycles. The molecule has 0 atom stereocenters. The minimum atomic E-state index is 0. The van der Waals surface area contributed by atoms with Gasteiger partial charge in [0.1, 0.15) is 0 Å². The van der Waals surface area contributed by atoms with Crippen molar-refractivity contribution in [3.63, 3.8) is 0 Å². The smallest absolute Gasteiger partial charge is 0.262 e. The molecule has 0 aliphatic heterocycles. The van der Waals surface area contributed by atoms with E-state index in [2.05, 4.69) is 9.97 Å². The van der Waals surface area contributed by atoms with Crippen LogP contribution in [0.4, 0.5) is 0 Å². The normalized spacial score (nSPS) is 6.86. The minimum absolute atomic E-state index is 0. The fourth-order valence-corrected chi connectivity index (χ4v) is 0.253. The number of aromatic nitrogens is 2. The molecule has 7 heavy (non-hydrogen) atoms. The molecular weight excluding hydrogens is 268 g/mol. The van der Waals surface area contributed by atoms with Gasteiger partial charge in [-0.3, -0.25) is 9.97 Å². The van der Waals surface area contributed by atoms with E-state index in [4.69, 9.17) is 0 Å². The van der Waals surface area contributed by atoms with Gasteiger partial charge in [-0.1, -0.05) is 0 Å². The monoisotopic (exact) mass is 273 g/mol. The number of rotatable bonds is 0. The topological polar surface area (TPSA) is 25.8 Å². The molecule has 0 aliphatic carbocycles. The predicted molar refractivity (Wildman–Crippen MR) is 22.0 cm³/mol. The van der Waals surface area contributed by atoms with Gasteiger partial charge in [0, 0.05) is 24.8 Å². The van der Waals surface area contributed by atoms with Crippen LogP contribution < -0.4 is 0 Å². The molecule has 0 saturated heterocycles. The van der Waals surface area contributed by atoms with Crippen molar-refractivity contribution in [3.05, 3.63) is 24.8 Å². The first-order valence-electron chi connectivity index (χ1n) is 1.70. The second-order valence-electron chi connectivity index (χ2n) is 0.894. The molecule has 0 bridgehead atoms. The van der Waals surface area contributed by atoms with Crippen LogP contribution in [0.1, 0.15) is 0 Å². The summed E-state index contributed by atoms with van der Waals surface area (Å²) in [4.78, 5) is 7.44. The fourth-order valence-electron chi connectivity index (χ4n) is 0.253. The zero-order valence-corrected chi connectivity index (χ0v) is 5.93. The van der Waals surface area contributed by atoms with E-state index in [0.29, 0.717) is 0 Å². The standard InChI is InChI=1S/C4H4N2.Ir/c1-2-6-4-3-5-1;/h1-4H;/q;+3. The Morgan fingerprint density at radius 3 is 1.14 bits per heavy atom. The number of hydrogen-bond donors (Lipinski definition) is 0. The summed E-state index contributed by atoms with van der Waals surface area (Å²) in [6, 6.07) is 0. The van der Waals surface area contributed by atoms with Gasteiger partial charge >= 0.3 is 20.1 Å². The maximum Gasteiger partial charge on any atom is 3.00 e. The molecule has 1 heterocycles. The summed E-state index contributed by atoms with van der Waals surface area (Å²) in [7, 11) is 0. The van der Waals surface area contributed by atoms with Gasteiger partial charge in [-0.05, 0) is 0 Å². The van der Waals surface area contributed by atoms with Crippen molar-refractivity contribution < 1.29 is 20.1 Å². The van der Waals surface area contributed by atoms with Crippen molar-refractivity contribution in [2.45, 2.75) is 0 Å². The maximum atomic E-state index is 3.72. The third kappa shape index (κ3) is 2.43. The van der Waals surface area contributed by atoms with Crippen molar-refractivity contribution in [1.82, 2.24) is 9.97 Å². The van der Waals surface area contributed by atoms with Crippen LogP contribution in [0.25, 0.3) is 0 Å². The van der Waals surface area contributed by atoms with Crippen molar-refractivity contribution in [3.8, 4) is 0 Å². The largest absolute Gasteiger partial charge is 3.00 e. The van der Waals surface area contributed by atoms with Crippen LogP contribution in [0.15, 0.2) is 24.8 Å². The Bertz CT molecular complexity index is 81.6. The zero-order valence-electron chi connectivity index (χ0n) is 3.54. The van der Waals surface area contributed by atoms with Gasteiger partial charge in [0.2, 0.25) is 0 Å². The Morgan fingerprint density at radius 1 is 0.714 bits per heavy atom. The van der Waals surface area contributed by atoms with E-state index in [-0.39, 0.29) is 20.1 Å². The summed E-state index contributed by atoms with van der Waals surface area (Å²) >= 11 is 0. The van der Waals surface area contributed by atoms with E-state index in [1.54, 1.807) is 24.8 Å². The Morgan fingerprint density at radius 2 is 1.00 bits per heavy atom. The van der Waals surface area contributed by atoms with E-state index in [1.807, 2.05) is 0 Å². The summed E-state index contributed by atoms with van der Waals surface area (Å²) in [6.07, 6.45) is 6.56. The van der Waals surface area contributed by atoms with Gasteiger partial charge in [-0.2, -0.15) is 0 Å². The third-order valence-electron chi connectivity index (χ3n) is 0.478. The molecule has 2 nitrogen and oxygen atoms in total. The van der Waals surface area contributed by atoms with E-state index >= 15 is 0 Å². The van der Waals surface area contributed by atoms with Crippen LogP contribution in [0.3, 0.4) is 0 Å². The summed E-state index contributed by atoms with van der Waals surface area (Å²) in [5, 5.41) is 0. The van der Waals surface area contributed by atoms with Gasteiger partial charge in [0.25, 0.3) is 0 Å². The van der Waals surface area contributed by atoms with Crippen molar-refractivity contribution in [2.75, 3.05) is 0 Å². The quantitative estimate of drug-likeness (QED) is 0.686. The molecule has 0 aliphatic rings. The van der Waals surface area contributed by atoms with Crippen molar-refractivity contribution in [2.24, 2.45) is 0 Å². The fraction of sp³-hybridized carbons (Fsp3) is 0. The van der Waals surface area contributed by atoms with Crippen LogP contribution in [-0.4, -0.2) is 9.97 Å². The first-order chi connectivity index (χ1) is 3.00. The molecule has 0 amide bonds. The second kappa shape index (κ2) is 3.90. The van der Waals surface area contributed by atoms with E-state index in [0.717, 1.165) is 0 Å². The molecule has 0 unspecified atom stereocenters. The third-order valence-corrected chi connectivity index (χ3v) is 0.478. The van der Waals surface area contributed by atoms with Crippen molar-refractivity contribution >= 4 is 0 Å². The molecular formula is C4H4IrN2+3. The predicted octanol–water partition coefficient (Wildman–Crippen LogP) is 0.474. The molecule has 1 aromatic rings. The van der Waals surface area contributed by atoms with Crippen LogP contribution in [0, 0.1) is 0 Å². The molecule has 0 N–H and O–H groups in total. The molecule has 36 valence electrons.